The molecule has 0 fully saturated rings. The first-order chi connectivity index (χ1) is 7.08. The van der Waals surface area contributed by atoms with E-state index in [1.807, 2.05) is 13.8 Å². The molecule has 1 N–H and O–H groups in total. The van der Waals surface area contributed by atoms with Gasteiger partial charge >= 0.3 is 0 Å². The van der Waals surface area contributed by atoms with Crippen molar-refractivity contribution in [2.45, 2.75) is 19.9 Å². The molecule has 0 bridgehead atoms. The molecule has 4 nitrogen and oxygen atoms in total. The molecule has 1 amide bonds. The second kappa shape index (κ2) is 5.70. The van der Waals surface area contributed by atoms with Crippen LogP contribution in [0.3, 0.4) is 0 Å². The molecule has 82 valence electrons. The number of amides is 1. The lowest BCUT2D eigenvalue weighted by molar-refractivity contribution is -0.123. The molecule has 0 aliphatic carbocycles. The summed E-state index contributed by atoms with van der Waals surface area (Å²) in [7, 11) is 0. The Labute approximate surface area is 97.2 Å². The van der Waals surface area contributed by atoms with Crippen molar-refractivity contribution in [2.75, 3.05) is 6.61 Å². The third-order valence-electron chi connectivity index (χ3n) is 1.50. The van der Waals surface area contributed by atoms with Crippen molar-refractivity contribution < 1.29 is 9.53 Å². The largest absolute Gasteiger partial charge is 0.468 e. The van der Waals surface area contributed by atoms with Gasteiger partial charge in [-0.1, -0.05) is 15.9 Å². The lowest BCUT2D eigenvalue weighted by Gasteiger charge is -2.08. The Hall–Kier alpha value is -1.10. The summed E-state index contributed by atoms with van der Waals surface area (Å²) in [5.74, 6) is 0.287. The second-order valence-corrected chi connectivity index (χ2v) is 4.24. The minimum Gasteiger partial charge on any atom is -0.468 e. The molecule has 0 atom stereocenters. The van der Waals surface area contributed by atoms with Crippen molar-refractivity contribution in [2.24, 2.45) is 0 Å². The highest BCUT2D eigenvalue weighted by molar-refractivity contribution is 9.10. The fourth-order valence-corrected chi connectivity index (χ4v) is 1.28. The van der Waals surface area contributed by atoms with Crippen LogP contribution in [0, 0.1) is 0 Å². The molecule has 0 radical (unpaired) electrons. The van der Waals surface area contributed by atoms with Gasteiger partial charge in [0.1, 0.15) is 0 Å². The Kier molecular flexibility index (Phi) is 4.55. The Morgan fingerprint density at radius 3 is 3.00 bits per heavy atom. The van der Waals surface area contributed by atoms with Crippen LogP contribution < -0.4 is 10.1 Å². The molecule has 0 saturated heterocycles. The van der Waals surface area contributed by atoms with Crippen molar-refractivity contribution >= 4 is 21.8 Å². The van der Waals surface area contributed by atoms with Gasteiger partial charge in [0.2, 0.25) is 5.88 Å². The van der Waals surface area contributed by atoms with E-state index in [0.29, 0.717) is 5.88 Å². The molecular formula is C10H13BrN2O2. The lowest BCUT2D eigenvalue weighted by atomic mass is 10.4. The normalized spacial score (nSPS) is 10.1. The van der Waals surface area contributed by atoms with Gasteiger partial charge in [-0.2, -0.15) is 0 Å². The van der Waals surface area contributed by atoms with E-state index in [9.17, 15) is 4.79 Å². The fraction of sp³-hybridized carbons (Fsp3) is 0.400. The van der Waals surface area contributed by atoms with Crippen molar-refractivity contribution in [1.29, 1.82) is 0 Å². The number of hydrogen-bond donors (Lipinski definition) is 1. The number of aromatic nitrogens is 1. The van der Waals surface area contributed by atoms with E-state index in [0.717, 1.165) is 4.47 Å². The predicted molar refractivity (Wildman–Crippen MR) is 60.7 cm³/mol. The molecule has 1 aromatic heterocycles. The maximum atomic E-state index is 11.2. The number of ether oxygens (including phenoxy) is 1. The SMILES string of the molecule is CC(C)NC(=O)COc1cc(Br)ccn1. The molecule has 0 aliphatic heterocycles. The minimum absolute atomic E-state index is 0.0123. The summed E-state index contributed by atoms with van der Waals surface area (Å²) in [5, 5.41) is 2.72. The van der Waals surface area contributed by atoms with Crippen LogP contribution in [0.2, 0.25) is 0 Å². The van der Waals surface area contributed by atoms with Gasteiger partial charge in [0.05, 0.1) is 0 Å². The van der Waals surface area contributed by atoms with Crippen LogP contribution in [0.5, 0.6) is 5.88 Å². The first-order valence-corrected chi connectivity index (χ1v) is 5.41. The maximum Gasteiger partial charge on any atom is 0.258 e. The van der Waals surface area contributed by atoms with Crippen LogP contribution in [-0.4, -0.2) is 23.5 Å². The molecule has 1 aromatic rings. The van der Waals surface area contributed by atoms with Crippen molar-refractivity contribution in [1.82, 2.24) is 10.3 Å². The number of rotatable bonds is 4. The number of nitrogens with one attached hydrogen (secondary N) is 1. The van der Waals surface area contributed by atoms with Crippen LogP contribution in [0.4, 0.5) is 0 Å². The summed E-state index contributed by atoms with van der Waals surface area (Å²) < 4.78 is 6.07. The van der Waals surface area contributed by atoms with E-state index >= 15 is 0 Å². The highest BCUT2D eigenvalue weighted by atomic mass is 79.9. The maximum absolute atomic E-state index is 11.2. The summed E-state index contributed by atoms with van der Waals surface area (Å²) in [6, 6.07) is 3.63. The lowest BCUT2D eigenvalue weighted by Crippen LogP contribution is -2.34. The zero-order valence-electron chi connectivity index (χ0n) is 8.66. The first-order valence-electron chi connectivity index (χ1n) is 4.61. The van der Waals surface area contributed by atoms with Crippen LogP contribution in [-0.2, 0) is 4.79 Å². The van der Waals surface area contributed by atoms with Gasteiger partial charge in [0.15, 0.2) is 6.61 Å². The van der Waals surface area contributed by atoms with Crippen LogP contribution >= 0.6 is 15.9 Å². The molecule has 1 heterocycles. The van der Waals surface area contributed by atoms with Crippen LogP contribution in [0.1, 0.15) is 13.8 Å². The van der Waals surface area contributed by atoms with Gasteiger partial charge in [-0.3, -0.25) is 4.79 Å². The van der Waals surface area contributed by atoms with Crippen molar-refractivity contribution in [3.63, 3.8) is 0 Å². The monoisotopic (exact) mass is 272 g/mol. The highest BCUT2D eigenvalue weighted by Gasteiger charge is 2.04. The molecule has 0 aliphatic rings. The van der Waals surface area contributed by atoms with Gasteiger partial charge in [-0.25, -0.2) is 4.98 Å². The Balaban J connectivity index is 2.40. The van der Waals surface area contributed by atoms with Gasteiger partial charge < -0.3 is 10.1 Å². The Morgan fingerprint density at radius 1 is 1.67 bits per heavy atom. The molecule has 15 heavy (non-hydrogen) atoms. The molecular weight excluding hydrogens is 260 g/mol. The molecule has 0 saturated carbocycles. The average Bonchev–Trinajstić information content (AvgIpc) is 2.14. The van der Waals surface area contributed by atoms with E-state index in [1.54, 1.807) is 18.3 Å². The molecule has 5 heteroatoms. The second-order valence-electron chi connectivity index (χ2n) is 3.32. The van der Waals surface area contributed by atoms with Gasteiger partial charge in [0.25, 0.3) is 5.91 Å². The number of hydrogen-bond acceptors (Lipinski definition) is 3. The molecule has 0 aromatic carbocycles. The van der Waals surface area contributed by atoms with Crippen LogP contribution in [0.25, 0.3) is 0 Å². The standard InChI is InChI=1S/C10H13BrN2O2/c1-7(2)13-9(14)6-15-10-5-8(11)3-4-12-10/h3-5,7H,6H2,1-2H3,(H,13,14). The van der Waals surface area contributed by atoms with E-state index < -0.39 is 0 Å². The summed E-state index contributed by atoms with van der Waals surface area (Å²) in [5.41, 5.74) is 0. The quantitative estimate of drug-likeness (QED) is 0.909. The highest BCUT2D eigenvalue weighted by Crippen LogP contribution is 2.14. The number of nitrogens with zero attached hydrogens (tertiary/aromatic N) is 1. The van der Waals surface area contributed by atoms with Crippen molar-refractivity contribution in [3.8, 4) is 5.88 Å². The smallest absolute Gasteiger partial charge is 0.258 e. The van der Waals surface area contributed by atoms with Crippen molar-refractivity contribution in [3.05, 3.63) is 22.8 Å². The van der Waals surface area contributed by atoms with Gasteiger partial charge in [0, 0.05) is 22.8 Å². The molecule has 1 rings (SSSR count). The van der Waals surface area contributed by atoms with E-state index in [-0.39, 0.29) is 18.6 Å². The number of halogens is 1. The van der Waals surface area contributed by atoms with Gasteiger partial charge in [-0.15, -0.1) is 0 Å². The van der Waals surface area contributed by atoms with E-state index in [2.05, 4.69) is 26.2 Å². The summed E-state index contributed by atoms with van der Waals surface area (Å²) in [6.07, 6.45) is 1.61. The van der Waals surface area contributed by atoms with E-state index in [4.69, 9.17) is 4.74 Å². The Morgan fingerprint density at radius 2 is 2.40 bits per heavy atom. The fourth-order valence-electron chi connectivity index (χ4n) is 0.967. The predicted octanol–water partition coefficient (Wildman–Crippen LogP) is 1.75. The first kappa shape index (κ1) is 12.0. The summed E-state index contributed by atoms with van der Waals surface area (Å²) in [6.45, 7) is 3.78. The number of carbonyl (C=O) groups is 1. The summed E-state index contributed by atoms with van der Waals surface area (Å²) in [4.78, 5) is 15.2. The third kappa shape index (κ3) is 4.78. The summed E-state index contributed by atoms with van der Waals surface area (Å²) >= 11 is 3.29. The zero-order chi connectivity index (χ0) is 11.3. The molecule has 0 spiro atoms. The number of pyridine rings is 1. The van der Waals surface area contributed by atoms with Gasteiger partial charge in [-0.05, 0) is 19.9 Å². The third-order valence-corrected chi connectivity index (χ3v) is 1.99. The Bertz CT molecular complexity index is 342. The average molecular weight is 273 g/mol. The topological polar surface area (TPSA) is 51.2 Å². The van der Waals surface area contributed by atoms with Crippen LogP contribution in [0.15, 0.2) is 22.8 Å². The zero-order valence-corrected chi connectivity index (χ0v) is 10.2. The molecule has 0 unspecified atom stereocenters. The van der Waals surface area contributed by atoms with E-state index in [1.165, 1.54) is 0 Å². The minimum atomic E-state index is -0.147. The number of carbonyl (C=O) groups excluding carboxylic acids is 1.